The zero-order valence-electron chi connectivity index (χ0n) is 14.8. The summed E-state index contributed by atoms with van der Waals surface area (Å²) in [6, 6.07) is 0. The summed E-state index contributed by atoms with van der Waals surface area (Å²) in [4.78, 5) is 26.2. The molecule has 128 valence electrons. The van der Waals surface area contributed by atoms with Crippen molar-refractivity contribution < 1.29 is 9.59 Å². The van der Waals surface area contributed by atoms with Gasteiger partial charge in [-0.25, -0.2) is 0 Å². The molecule has 10 atom stereocenters. The number of hydrogen-bond donors (Lipinski definition) is 0. The summed E-state index contributed by atoms with van der Waals surface area (Å²) in [6.07, 6.45) is 8.76. The Bertz CT molecular complexity index is 522. The molecule has 0 aromatic carbocycles. The Morgan fingerprint density at radius 3 is 1.79 bits per heavy atom. The van der Waals surface area contributed by atoms with Crippen LogP contribution in [0.3, 0.4) is 0 Å². The molecule has 5 rings (SSSR count). The number of hydrogen-bond acceptors (Lipinski definition) is 2. The van der Waals surface area contributed by atoms with Gasteiger partial charge in [0, 0.05) is 23.7 Å². The third-order valence-electron chi connectivity index (χ3n) is 8.76. The zero-order chi connectivity index (χ0) is 16.6. The van der Waals surface area contributed by atoms with Crippen molar-refractivity contribution in [1.29, 1.82) is 0 Å². The van der Waals surface area contributed by atoms with Crippen molar-refractivity contribution in [3.05, 3.63) is 0 Å². The first-order valence-electron chi connectivity index (χ1n) is 10.4. The number of fused-ring (bicyclic) bond motifs is 6. The highest BCUT2D eigenvalue weighted by atomic mass is 16.1. The first-order valence-corrected chi connectivity index (χ1v) is 10.4. The van der Waals surface area contributed by atoms with Crippen LogP contribution in [0.15, 0.2) is 0 Å². The van der Waals surface area contributed by atoms with E-state index < -0.39 is 0 Å². The summed E-state index contributed by atoms with van der Waals surface area (Å²) in [6.45, 7) is 2.31. The first-order chi connectivity index (χ1) is 11.5. The summed E-state index contributed by atoms with van der Waals surface area (Å²) in [7, 11) is 6.15. The van der Waals surface area contributed by atoms with E-state index in [1.807, 2.05) is 0 Å². The molecule has 10 unspecified atom stereocenters. The number of ketones is 2. The van der Waals surface area contributed by atoms with Gasteiger partial charge in [0.15, 0.2) is 0 Å². The largest absolute Gasteiger partial charge is 0.299 e. The molecular formula is C21H29BO2. The fourth-order valence-electron chi connectivity index (χ4n) is 7.73. The van der Waals surface area contributed by atoms with Crippen molar-refractivity contribution in [3.8, 4) is 0 Å². The molecule has 5 aliphatic carbocycles. The minimum absolute atomic E-state index is 0.222. The van der Waals surface area contributed by atoms with E-state index in [1.54, 1.807) is 0 Å². The van der Waals surface area contributed by atoms with Crippen LogP contribution in [0.5, 0.6) is 0 Å². The van der Waals surface area contributed by atoms with Crippen molar-refractivity contribution in [2.24, 2.45) is 53.3 Å². The van der Waals surface area contributed by atoms with Gasteiger partial charge < -0.3 is 0 Å². The smallest absolute Gasteiger partial charge is 0.139 e. The summed E-state index contributed by atoms with van der Waals surface area (Å²) in [5, 5.41) is 0. The molecule has 5 aliphatic rings. The molecule has 5 fully saturated rings. The topological polar surface area (TPSA) is 34.1 Å². The molecule has 3 heteroatoms. The summed E-state index contributed by atoms with van der Waals surface area (Å²) in [5.74, 6) is 5.29. The van der Waals surface area contributed by atoms with Gasteiger partial charge in [-0.15, -0.1) is 0 Å². The summed E-state index contributed by atoms with van der Waals surface area (Å²) < 4.78 is 0. The average Bonchev–Trinajstić information content (AvgIpc) is 2.99. The third-order valence-corrected chi connectivity index (χ3v) is 8.76. The van der Waals surface area contributed by atoms with Crippen molar-refractivity contribution in [2.75, 3.05) is 0 Å². The van der Waals surface area contributed by atoms with Crippen LogP contribution in [0.4, 0.5) is 0 Å². The Labute approximate surface area is 146 Å². The molecule has 0 aromatic rings. The summed E-state index contributed by atoms with van der Waals surface area (Å²) >= 11 is 0. The highest BCUT2D eigenvalue weighted by Gasteiger charge is 2.60. The van der Waals surface area contributed by atoms with Gasteiger partial charge in [0.25, 0.3) is 0 Å². The van der Waals surface area contributed by atoms with E-state index in [4.69, 9.17) is 7.85 Å². The van der Waals surface area contributed by atoms with Crippen LogP contribution in [0.1, 0.15) is 58.3 Å². The molecule has 2 radical (unpaired) electrons. The monoisotopic (exact) mass is 324 g/mol. The molecule has 0 spiro atoms. The molecule has 0 amide bonds. The molecule has 0 aromatic heterocycles. The van der Waals surface area contributed by atoms with Gasteiger partial charge in [0.1, 0.15) is 11.6 Å². The van der Waals surface area contributed by atoms with E-state index in [0.717, 1.165) is 38.5 Å². The highest BCUT2D eigenvalue weighted by molar-refractivity contribution is 6.12. The summed E-state index contributed by atoms with van der Waals surface area (Å²) in [5.41, 5.74) is 0. The Kier molecular flexibility index (Phi) is 3.55. The average molecular weight is 324 g/mol. The fraction of sp³-hybridized carbons (Fsp3) is 0.905. The molecule has 0 heterocycles. The van der Waals surface area contributed by atoms with Crippen molar-refractivity contribution in [2.45, 2.75) is 64.1 Å². The van der Waals surface area contributed by atoms with E-state index in [0.29, 0.717) is 47.1 Å². The van der Waals surface area contributed by atoms with Crippen LogP contribution in [0, 0.1) is 53.3 Å². The lowest BCUT2D eigenvalue weighted by molar-refractivity contribution is -0.129. The SMILES string of the molecule is [B]C1CCC2C(C1)C(=O)C1CC3C(CC12)C(=O)C1CC(C)CCC13. The molecule has 5 saturated carbocycles. The predicted octanol–water partition coefficient (Wildman–Crippen LogP) is 3.84. The van der Waals surface area contributed by atoms with Gasteiger partial charge in [0.05, 0.1) is 7.85 Å². The standard InChI is InChI=1S/C21H29BO2/c1-10-2-4-12-14-8-19-15(9-18(14)20(23)16(12)6-10)13-5-3-11(22)7-17(13)21(19)24/h10-19H,2-9H2,1H3. The lowest BCUT2D eigenvalue weighted by atomic mass is 9.63. The van der Waals surface area contributed by atoms with Gasteiger partial charge in [-0.2, -0.15) is 0 Å². The van der Waals surface area contributed by atoms with Crippen LogP contribution in [-0.2, 0) is 9.59 Å². The minimum atomic E-state index is 0.222. The molecule has 0 N–H and O–H groups in total. The maximum Gasteiger partial charge on any atom is 0.139 e. The molecule has 0 aliphatic heterocycles. The Morgan fingerprint density at radius 1 is 0.667 bits per heavy atom. The lowest BCUT2D eigenvalue weighted by Gasteiger charge is -2.39. The predicted molar refractivity (Wildman–Crippen MR) is 93.5 cm³/mol. The van der Waals surface area contributed by atoms with E-state index >= 15 is 0 Å². The molecule has 0 bridgehead atoms. The van der Waals surface area contributed by atoms with E-state index in [9.17, 15) is 9.59 Å². The quantitative estimate of drug-likeness (QED) is 0.635. The van der Waals surface area contributed by atoms with Gasteiger partial charge in [-0.1, -0.05) is 25.6 Å². The number of carbonyl (C=O) groups is 2. The molecular weight excluding hydrogens is 295 g/mol. The van der Waals surface area contributed by atoms with Crippen LogP contribution in [0.25, 0.3) is 0 Å². The maximum absolute atomic E-state index is 13.1. The second kappa shape index (κ2) is 5.45. The first kappa shape index (κ1) is 15.6. The lowest BCUT2D eigenvalue weighted by Crippen LogP contribution is -2.35. The van der Waals surface area contributed by atoms with Crippen molar-refractivity contribution >= 4 is 19.4 Å². The van der Waals surface area contributed by atoms with Crippen LogP contribution >= 0.6 is 0 Å². The second-order valence-corrected chi connectivity index (χ2v) is 9.85. The van der Waals surface area contributed by atoms with Crippen LogP contribution in [0.2, 0.25) is 5.82 Å². The maximum atomic E-state index is 13.1. The minimum Gasteiger partial charge on any atom is -0.299 e. The van der Waals surface area contributed by atoms with Crippen LogP contribution in [-0.4, -0.2) is 19.4 Å². The van der Waals surface area contributed by atoms with E-state index in [2.05, 4.69) is 6.92 Å². The second-order valence-electron chi connectivity index (χ2n) is 9.85. The molecule has 2 nitrogen and oxygen atoms in total. The number of Topliss-reactive ketones (excluding diaryl/α,β-unsaturated/α-hetero) is 2. The Morgan fingerprint density at radius 2 is 1.17 bits per heavy atom. The van der Waals surface area contributed by atoms with Crippen molar-refractivity contribution in [3.63, 3.8) is 0 Å². The highest BCUT2D eigenvalue weighted by Crippen LogP contribution is 2.61. The normalized spacial score (nSPS) is 56.4. The number of rotatable bonds is 0. The van der Waals surface area contributed by atoms with Crippen LogP contribution < -0.4 is 0 Å². The van der Waals surface area contributed by atoms with E-state index in [1.165, 1.54) is 12.8 Å². The fourth-order valence-corrected chi connectivity index (χ4v) is 7.73. The zero-order valence-corrected chi connectivity index (χ0v) is 14.8. The van der Waals surface area contributed by atoms with E-state index in [-0.39, 0.29) is 23.6 Å². The van der Waals surface area contributed by atoms with Crippen molar-refractivity contribution in [1.82, 2.24) is 0 Å². The Hall–Kier alpha value is -0.595. The number of carbonyl (C=O) groups excluding carboxylic acids is 2. The van der Waals surface area contributed by atoms with Gasteiger partial charge in [-0.05, 0) is 68.1 Å². The molecule has 24 heavy (non-hydrogen) atoms. The van der Waals surface area contributed by atoms with Gasteiger partial charge >= 0.3 is 0 Å². The molecule has 0 saturated heterocycles. The van der Waals surface area contributed by atoms with Gasteiger partial charge in [0.2, 0.25) is 0 Å². The van der Waals surface area contributed by atoms with Gasteiger partial charge in [-0.3, -0.25) is 9.59 Å². The third kappa shape index (κ3) is 2.08. The Balaban J connectivity index is 1.42.